The maximum Gasteiger partial charge on any atom is 0.155 e. The Morgan fingerprint density at radius 1 is 1.00 bits per heavy atom. The third kappa shape index (κ3) is 2.35. The summed E-state index contributed by atoms with van der Waals surface area (Å²) < 4.78 is 0. The maximum absolute atomic E-state index is 11.3. The normalized spacial score (nSPS) is 16.4. The summed E-state index contributed by atoms with van der Waals surface area (Å²) in [6.45, 7) is 4.20. The molecule has 0 fully saturated rings. The molecule has 0 heterocycles. The van der Waals surface area contributed by atoms with E-state index in [0.29, 0.717) is 6.42 Å². The smallest absolute Gasteiger partial charge is 0.155 e. The highest BCUT2D eigenvalue weighted by Gasteiger charge is 2.11. The first-order valence-corrected chi connectivity index (χ1v) is 5.47. The van der Waals surface area contributed by atoms with Gasteiger partial charge in [0, 0.05) is 6.42 Å². The predicted molar refractivity (Wildman–Crippen MR) is 62.8 cm³/mol. The second-order valence-electron chi connectivity index (χ2n) is 4.37. The third-order valence-electron chi connectivity index (χ3n) is 2.80. The molecule has 0 spiro atoms. The lowest BCUT2D eigenvalue weighted by molar-refractivity contribution is -0.114. The molecule has 1 aliphatic rings. The van der Waals surface area contributed by atoms with Gasteiger partial charge < -0.3 is 0 Å². The minimum Gasteiger partial charge on any atom is -0.295 e. The second-order valence-corrected chi connectivity index (χ2v) is 4.37. The SMILES string of the molecule is Cc1cc(C)cc(C2=CC(=O)CCC2)c1. The zero-order valence-corrected chi connectivity index (χ0v) is 9.34. The van der Waals surface area contributed by atoms with E-state index >= 15 is 0 Å². The van der Waals surface area contributed by atoms with Crippen LogP contribution in [-0.4, -0.2) is 5.78 Å². The molecule has 0 N–H and O–H groups in total. The number of ketones is 1. The molecule has 0 amide bonds. The van der Waals surface area contributed by atoms with Crippen LogP contribution in [0.3, 0.4) is 0 Å². The lowest BCUT2D eigenvalue weighted by Gasteiger charge is -2.13. The van der Waals surface area contributed by atoms with Crippen LogP contribution in [0.1, 0.15) is 36.0 Å². The minimum absolute atomic E-state index is 0.274. The summed E-state index contributed by atoms with van der Waals surface area (Å²) in [5.41, 5.74) is 4.96. The Balaban J connectivity index is 2.40. The van der Waals surface area contributed by atoms with Gasteiger partial charge in [-0.2, -0.15) is 0 Å². The Morgan fingerprint density at radius 3 is 2.27 bits per heavy atom. The Bertz CT molecular complexity index is 407. The van der Waals surface area contributed by atoms with Gasteiger partial charge in [-0.1, -0.05) is 29.3 Å². The second kappa shape index (κ2) is 4.01. The summed E-state index contributed by atoms with van der Waals surface area (Å²) in [5, 5.41) is 0. The van der Waals surface area contributed by atoms with Crippen molar-refractivity contribution in [2.75, 3.05) is 0 Å². The van der Waals surface area contributed by atoms with Gasteiger partial charge in [0.2, 0.25) is 0 Å². The average Bonchev–Trinajstić information content (AvgIpc) is 2.16. The molecule has 15 heavy (non-hydrogen) atoms. The molecular formula is C14H16O. The predicted octanol–water partition coefficient (Wildman–Crippen LogP) is 3.44. The third-order valence-corrected chi connectivity index (χ3v) is 2.80. The van der Waals surface area contributed by atoms with E-state index < -0.39 is 0 Å². The van der Waals surface area contributed by atoms with Crippen LogP contribution in [0.4, 0.5) is 0 Å². The molecule has 1 aromatic rings. The van der Waals surface area contributed by atoms with E-state index in [0.717, 1.165) is 12.8 Å². The number of hydrogen-bond donors (Lipinski definition) is 0. The number of rotatable bonds is 1. The number of benzene rings is 1. The van der Waals surface area contributed by atoms with E-state index in [2.05, 4.69) is 32.0 Å². The first-order valence-electron chi connectivity index (χ1n) is 5.47. The van der Waals surface area contributed by atoms with Crippen molar-refractivity contribution in [1.82, 2.24) is 0 Å². The Labute approximate surface area is 90.8 Å². The van der Waals surface area contributed by atoms with Crippen molar-refractivity contribution < 1.29 is 4.79 Å². The zero-order valence-electron chi connectivity index (χ0n) is 9.34. The summed E-state index contributed by atoms with van der Waals surface area (Å²) in [5.74, 6) is 0.274. The molecule has 0 saturated carbocycles. The van der Waals surface area contributed by atoms with Crippen molar-refractivity contribution >= 4 is 11.4 Å². The van der Waals surface area contributed by atoms with Crippen molar-refractivity contribution in [3.05, 3.63) is 41.0 Å². The fourth-order valence-electron chi connectivity index (χ4n) is 2.18. The summed E-state index contributed by atoms with van der Waals surface area (Å²) >= 11 is 0. The molecule has 0 bridgehead atoms. The number of carbonyl (C=O) groups is 1. The van der Waals surface area contributed by atoms with Crippen LogP contribution < -0.4 is 0 Å². The largest absolute Gasteiger partial charge is 0.295 e. The van der Waals surface area contributed by atoms with E-state index in [1.165, 1.54) is 22.3 Å². The van der Waals surface area contributed by atoms with Gasteiger partial charge in [-0.05, 0) is 43.9 Å². The molecule has 0 saturated heterocycles. The van der Waals surface area contributed by atoms with Crippen LogP contribution in [0, 0.1) is 13.8 Å². The zero-order chi connectivity index (χ0) is 10.8. The van der Waals surface area contributed by atoms with E-state index in [1.807, 2.05) is 6.08 Å². The van der Waals surface area contributed by atoms with Gasteiger partial charge in [0.25, 0.3) is 0 Å². The summed E-state index contributed by atoms with van der Waals surface area (Å²) in [6.07, 6.45) is 4.57. The molecule has 2 rings (SSSR count). The first kappa shape index (κ1) is 10.2. The number of aryl methyl sites for hydroxylation is 2. The molecule has 0 aliphatic heterocycles. The van der Waals surface area contributed by atoms with E-state index in [-0.39, 0.29) is 5.78 Å². The van der Waals surface area contributed by atoms with Crippen LogP contribution in [0.2, 0.25) is 0 Å². The van der Waals surface area contributed by atoms with Crippen molar-refractivity contribution in [2.45, 2.75) is 33.1 Å². The molecule has 78 valence electrons. The van der Waals surface area contributed by atoms with Crippen molar-refractivity contribution in [3.8, 4) is 0 Å². The van der Waals surface area contributed by atoms with Crippen LogP contribution in [-0.2, 0) is 4.79 Å². The average molecular weight is 200 g/mol. The van der Waals surface area contributed by atoms with Crippen LogP contribution in [0.25, 0.3) is 5.57 Å². The molecule has 0 unspecified atom stereocenters. The number of hydrogen-bond acceptors (Lipinski definition) is 1. The van der Waals surface area contributed by atoms with Crippen molar-refractivity contribution in [3.63, 3.8) is 0 Å². The molecule has 0 aromatic heterocycles. The Hall–Kier alpha value is -1.37. The van der Waals surface area contributed by atoms with Gasteiger partial charge in [-0.3, -0.25) is 4.79 Å². The quantitative estimate of drug-likeness (QED) is 0.678. The van der Waals surface area contributed by atoms with E-state index in [1.54, 1.807) is 0 Å². The van der Waals surface area contributed by atoms with Crippen LogP contribution in [0.5, 0.6) is 0 Å². The van der Waals surface area contributed by atoms with Gasteiger partial charge in [-0.15, -0.1) is 0 Å². The van der Waals surface area contributed by atoms with Crippen LogP contribution in [0.15, 0.2) is 24.3 Å². The molecule has 1 heteroatoms. The molecule has 1 aromatic carbocycles. The van der Waals surface area contributed by atoms with Crippen molar-refractivity contribution in [2.24, 2.45) is 0 Å². The van der Waals surface area contributed by atoms with Gasteiger partial charge in [0.1, 0.15) is 0 Å². The molecular weight excluding hydrogens is 184 g/mol. The van der Waals surface area contributed by atoms with E-state index in [9.17, 15) is 4.79 Å². The van der Waals surface area contributed by atoms with Gasteiger partial charge in [0.15, 0.2) is 5.78 Å². The minimum atomic E-state index is 0.274. The summed E-state index contributed by atoms with van der Waals surface area (Å²) in [6, 6.07) is 6.49. The highest BCUT2D eigenvalue weighted by atomic mass is 16.1. The standard InChI is InChI=1S/C14H16O/c1-10-6-11(2)8-13(7-10)12-4-3-5-14(15)9-12/h6-9H,3-5H2,1-2H3. The Kier molecular flexibility index (Phi) is 2.72. The van der Waals surface area contributed by atoms with E-state index in [4.69, 9.17) is 0 Å². The van der Waals surface area contributed by atoms with Gasteiger partial charge in [-0.25, -0.2) is 0 Å². The Morgan fingerprint density at radius 2 is 1.67 bits per heavy atom. The monoisotopic (exact) mass is 200 g/mol. The highest BCUT2D eigenvalue weighted by molar-refractivity contribution is 5.98. The molecule has 0 radical (unpaired) electrons. The fraction of sp³-hybridized carbons (Fsp3) is 0.357. The lowest BCUT2D eigenvalue weighted by atomic mass is 9.91. The molecule has 0 atom stereocenters. The number of carbonyl (C=O) groups excluding carboxylic acids is 1. The topological polar surface area (TPSA) is 17.1 Å². The van der Waals surface area contributed by atoms with Crippen LogP contribution >= 0.6 is 0 Å². The summed E-state index contributed by atoms with van der Waals surface area (Å²) in [4.78, 5) is 11.3. The summed E-state index contributed by atoms with van der Waals surface area (Å²) in [7, 11) is 0. The lowest BCUT2D eigenvalue weighted by Crippen LogP contribution is -2.02. The molecule has 1 aliphatic carbocycles. The first-order chi connectivity index (χ1) is 7.15. The molecule has 1 nitrogen and oxygen atoms in total. The van der Waals surface area contributed by atoms with Gasteiger partial charge in [0.05, 0.1) is 0 Å². The maximum atomic E-state index is 11.3. The van der Waals surface area contributed by atoms with Crippen molar-refractivity contribution in [1.29, 1.82) is 0 Å². The van der Waals surface area contributed by atoms with Gasteiger partial charge >= 0.3 is 0 Å². The fourth-order valence-corrected chi connectivity index (χ4v) is 2.18. The highest BCUT2D eigenvalue weighted by Crippen LogP contribution is 2.26. The number of allylic oxidation sites excluding steroid dienone is 2.